The van der Waals surface area contributed by atoms with Crippen LogP contribution >= 0.6 is 0 Å². The van der Waals surface area contributed by atoms with Gasteiger partial charge in [-0.3, -0.25) is 4.79 Å². The lowest BCUT2D eigenvalue weighted by Crippen LogP contribution is -2.33. The zero-order chi connectivity index (χ0) is 15.2. The first-order chi connectivity index (χ1) is 10.1. The van der Waals surface area contributed by atoms with Gasteiger partial charge in [-0.15, -0.1) is 0 Å². The van der Waals surface area contributed by atoms with Crippen LogP contribution in [0.5, 0.6) is 0 Å². The highest BCUT2D eigenvalue weighted by Gasteiger charge is 2.25. The van der Waals surface area contributed by atoms with Gasteiger partial charge in [-0.1, -0.05) is 18.2 Å². The van der Waals surface area contributed by atoms with Gasteiger partial charge in [0.25, 0.3) is 5.91 Å². The van der Waals surface area contributed by atoms with Crippen LogP contribution in [0, 0.1) is 11.3 Å². The molecular weight excluding hydrogens is 272 g/mol. The van der Waals surface area contributed by atoms with Gasteiger partial charge in [0, 0.05) is 12.2 Å². The summed E-state index contributed by atoms with van der Waals surface area (Å²) in [4.78, 5) is 31.1. The zero-order valence-corrected chi connectivity index (χ0v) is 11.0. The van der Waals surface area contributed by atoms with Gasteiger partial charge in [-0.25, -0.2) is 9.78 Å². The minimum Gasteiger partial charge on any atom is -0.477 e. The second-order valence-corrected chi connectivity index (χ2v) is 4.13. The molecule has 0 aliphatic rings. The number of hydrogen-bond acceptors (Lipinski definition) is 4. The number of aromatic carboxylic acids is 1. The summed E-state index contributed by atoms with van der Waals surface area (Å²) in [7, 11) is 0. The molecule has 0 saturated heterocycles. The Hall–Kier alpha value is -3.14. The number of carbonyl (C=O) groups excluding carboxylic acids is 1. The highest BCUT2D eigenvalue weighted by molar-refractivity contribution is 6.09. The standard InChI is InChI=1S/C14H12N4O3/c15-7-4-8-18(10-5-2-1-3-6-10)13(19)11-12(14(20)21)17-9-16-11/h1-3,5-6,9H,4,8H2,(H,16,17)(H,20,21). The molecule has 0 fully saturated rings. The average molecular weight is 284 g/mol. The Balaban J connectivity index is 2.37. The summed E-state index contributed by atoms with van der Waals surface area (Å²) in [5.74, 6) is -1.82. The molecule has 1 heterocycles. The molecule has 1 amide bonds. The van der Waals surface area contributed by atoms with Gasteiger partial charge in [-0.05, 0) is 12.1 Å². The van der Waals surface area contributed by atoms with E-state index in [1.807, 2.05) is 6.07 Å². The Morgan fingerprint density at radius 1 is 1.33 bits per heavy atom. The van der Waals surface area contributed by atoms with Crippen LogP contribution in [0.3, 0.4) is 0 Å². The smallest absolute Gasteiger partial charge is 0.354 e. The molecule has 1 aromatic carbocycles. The number of benzene rings is 1. The molecule has 0 aliphatic heterocycles. The molecule has 2 N–H and O–H groups in total. The number of rotatable bonds is 5. The Bertz CT molecular complexity index is 688. The van der Waals surface area contributed by atoms with E-state index in [1.54, 1.807) is 30.3 Å². The SMILES string of the molecule is N#CCCN(C(=O)c1nc[nH]c1C(=O)O)c1ccccc1. The summed E-state index contributed by atoms with van der Waals surface area (Å²) < 4.78 is 0. The van der Waals surface area contributed by atoms with Crippen molar-refractivity contribution in [2.75, 3.05) is 11.4 Å². The molecule has 0 atom stereocenters. The lowest BCUT2D eigenvalue weighted by molar-refractivity contribution is 0.0686. The number of nitrogens with zero attached hydrogens (tertiary/aromatic N) is 3. The number of aromatic nitrogens is 2. The molecule has 106 valence electrons. The van der Waals surface area contributed by atoms with E-state index in [1.165, 1.54) is 4.90 Å². The molecule has 1 aromatic heterocycles. The third-order valence-electron chi connectivity index (χ3n) is 2.82. The molecule has 0 aliphatic carbocycles. The molecule has 7 nitrogen and oxygen atoms in total. The van der Waals surface area contributed by atoms with Crippen LogP contribution in [0.1, 0.15) is 27.4 Å². The monoisotopic (exact) mass is 284 g/mol. The van der Waals surface area contributed by atoms with E-state index >= 15 is 0 Å². The third-order valence-corrected chi connectivity index (χ3v) is 2.82. The van der Waals surface area contributed by atoms with Gasteiger partial charge < -0.3 is 15.0 Å². The van der Waals surface area contributed by atoms with E-state index in [-0.39, 0.29) is 24.4 Å². The number of amides is 1. The number of carboxylic acid groups (broad SMARTS) is 1. The van der Waals surface area contributed by atoms with Crippen molar-refractivity contribution in [1.82, 2.24) is 9.97 Å². The van der Waals surface area contributed by atoms with Crippen LogP contribution in [-0.4, -0.2) is 33.5 Å². The maximum absolute atomic E-state index is 12.5. The molecule has 0 unspecified atom stereocenters. The fraction of sp³-hybridized carbons (Fsp3) is 0.143. The number of H-pyrrole nitrogens is 1. The average Bonchev–Trinajstić information content (AvgIpc) is 2.98. The van der Waals surface area contributed by atoms with Crippen molar-refractivity contribution in [3.05, 3.63) is 48.0 Å². The van der Waals surface area contributed by atoms with Gasteiger partial charge >= 0.3 is 5.97 Å². The summed E-state index contributed by atoms with van der Waals surface area (Å²) in [5.41, 5.74) is 0.138. The van der Waals surface area contributed by atoms with Crippen LogP contribution in [-0.2, 0) is 0 Å². The molecule has 7 heteroatoms. The summed E-state index contributed by atoms with van der Waals surface area (Å²) in [6, 6.07) is 10.7. The van der Waals surface area contributed by atoms with Crippen LogP contribution < -0.4 is 4.90 Å². The number of nitrogens with one attached hydrogen (secondary N) is 1. The lowest BCUT2D eigenvalue weighted by atomic mass is 10.2. The van der Waals surface area contributed by atoms with Gasteiger partial charge in [-0.2, -0.15) is 5.26 Å². The van der Waals surface area contributed by atoms with E-state index in [0.717, 1.165) is 6.33 Å². The number of imidazole rings is 1. The van der Waals surface area contributed by atoms with Crippen molar-refractivity contribution in [1.29, 1.82) is 5.26 Å². The van der Waals surface area contributed by atoms with E-state index < -0.39 is 11.9 Å². The highest BCUT2D eigenvalue weighted by atomic mass is 16.4. The van der Waals surface area contributed by atoms with E-state index in [4.69, 9.17) is 10.4 Å². The Morgan fingerprint density at radius 2 is 2.05 bits per heavy atom. The second kappa shape index (κ2) is 6.34. The minimum atomic E-state index is -1.26. The molecule has 2 aromatic rings. The zero-order valence-electron chi connectivity index (χ0n) is 11.0. The Labute approximate surface area is 120 Å². The largest absolute Gasteiger partial charge is 0.477 e. The van der Waals surface area contributed by atoms with Crippen molar-refractivity contribution >= 4 is 17.6 Å². The molecular formula is C14H12N4O3. The molecule has 0 saturated carbocycles. The topological polar surface area (TPSA) is 110 Å². The fourth-order valence-corrected chi connectivity index (χ4v) is 1.86. The highest BCUT2D eigenvalue weighted by Crippen LogP contribution is 2.17. The Morgan fingerprint density at radius 3 is 2.67 bits per heavy atom. The number of hydrogen-bond donors (Lipinski definition) is 2. The first kappa shape index (κ1) is 14.3. The summed E-state index contributed by atoms with van der Waals surface area (Å²) in [5, 5.41) is 17.8. The van der Waals surface area contributed by atoms with Gasteiger partial charge in [0.15, 0.2) is 11.4 Å². The van der Waals surface area contributed by atoms with Crippen molar-refractivity contribution in [2.45, 2.75) is 6.42 Å². The normalized spacial score (nSPS) is 9.86. The maximum atomic E-state index is 12.5. The van der Waals surface area contributed by atoms with Crippen molar-refractivity contribution in [3.8, 4) is 6.07 Å². The van der Waals surface area contributed by atoms with Crippen molar-refractivity contribution < 1.29 is 14.7 Å². The summed E-state index contributed by atoms with van der Waals surface area (Å²) in [6.45, 7) is 0.158. The van der Waals surface area contributed by atoms with Crippen molar-refractivity contribution in [2.24, 2.45) is 0 Å². The third kappa shape index (κ3) is 3.06. The number of anilines is 1. The van der Waals surface area contributed by atoms with Crippen LogP contribution in [0.15, 0.2) is 36.7 Å². The summed E-state index contributed by atoms with van der Waals surface area (Å²) in [6.07, 6.45) is 1.29. The fourth-order valence-electron chi connectivity index (χ4n) is 1.86. The molecule has 0 radical (unpaired) electrons. The van der Waals surface area contributed by atoms with Crippen LogP contribution in [0.25, 0.3) is 0 Å². The number of carbonyl (C=O) groups is 2. The maximum Gasteiger partial charge on any atom is 0.354 e. The van der Waals surface area contributed by atoms with Gasteiger partial charge in [0.2, 0.25) is 0 Å². The van der Waals surface area contributed by atoms with E-state index in [0.29, 0.717) is 5.69 Å². The predicted molar refractivity (Wildman–Crippen MR) is 73.9 cm³/mol. The Kier molecular flexibility index (Phi) is 4.31. The first-order valence-electron chi connectivity index (χ1n) is 6.15. The molecule has 2 rings (SSSR count). The quantitative estimate of drug-likeness (QED) is 0.867. The number of para-hydroxylation sites is 1. The van der Waals surface area contributed by atoms with E-state index in [9.17, 15) is 9.59 Å². The molecule has 0 bridgehead atoms. The van der Waals surface area contributed by atoms with Gasteiger partial charge in [0.1, 0.15) is 0 Å². The van der Waals surface area contributed by atoms with E-state index in [2.05, 4.69) is 9.97 Å². The second-order valence-electron chi connectivity index (χ2n) is 4.13. The van der Waals surface area contributed by atoms with Crippen molar-refractivity contribution in [3.63, 3.8) is 0 Å². The van der Waals surface area contributed by atoms with Gasteiger partial charge in [0.05, 0.1) is 18.8 Å². The molecule has 0 spiro atoms. The minimum absolute atomic E-state index is 0.132. The lowest BCUT2D eigenvalue weighted by Gasteiger charge is -2.21. The number of aromatic amines is 1. The van der Waals surface area contributed by atoms with Crippen LogP contribution in [0.4, 0.5) is 5.69 Å². The van der Waals surface area contributed by atoms with Crippen LogP contribution in [0.2, 0.25) is 0 Å². The molecule has 21 heavy (non-hydrogen) atoms. The predicted octanol–water partition coefficient (Wildman–Crippen LogP) is 1.67. The number of nitriles is 1. The number of carboxylic acids is 1. The summed E-state index contributed by atoms with van der Waals surface area (Å²) >= 11 is 0. The first-order valence-corrected chi connectivity index (χ1v) is 6.15.